The molecule has 1 aromatic heterocycles. The van der Waals surface area contributed by atoms with Gasteiger partial charge in [-0.05, 0) is 59.3 Å². The van der Waals surface area contributed by atoms with E-state index in [1.807, 2.05) is 20.8 Å². The van der Waals surface area contributed by atoms with E-state index in [-0.39, 0.29) is 36.8 Å². The van der Waals surface area contributed by atoms with Crippen molar-refractivity contribution in [1.82, 2.24) is 15.5 Å². The molecule has 2 fully saturated rings. The van der Waals surface area contributed by atoms with Crippen molar-refractivity contribution in [3.63, 3.8) is 0 Å². The first kappa shape index (κ1) is 20.0. The number of carbonyl (C=O) groups excluding carboxylic acids is 1. The van der Waals surface area contributed by atoms with Crippen molar-refractivity contribution >= 4 is 6.09 Å². The monoisotopic (exact) mass is 385 g/mol. The maximum atomic E-state index is 13.3. The Morgan fingerprint density at radius 1 is 1.04 bits per heavy atom. The van der Waals surface area contributed by atoms with Crippen LogP contribution >= 0.6 is 0 Å². The van der Waals surface area contributed by atoms with Gasteiger partial charge in [-0.2, -0.15) is 0 Å². The maximum absolute atomic E-state index is 13.3. The third kappa shape index (κ3) is 5.62. The standard InChI is InChI=1S/C19H29F2N3O3/c1-18(2,3)27-17(25)22-14-6-4-12(5-7-14)15-23-24-16(26-15)13-8-10-19(20,21)11-9-13/h12-14H,4-11H2,1-3H3,(H,22,25). The van der Waals surface area contributed by atoms with Crippen molar-refractivity contribution in [1.29, 1.82) is 0 Å². The molecule has 0 saturated heterocycles. The molecule has 0 aliphatic heterocycles. The largest absolute Gasteiger partial charge is 0.444 e. The van der Waals surface area contributed by atoms with Gasteiger partial charge in [0, 0.05) is 30.7 Å². The minimum absolute atomic E-state index is 0.0592. The summed E-state index contributed by atoms with van der Waals surface area (Å²) in [4.78, 5) is 11.9. The number of aromatic nitrogens is 2. The Morgan fingerprint density at radius 3 is 2.07 bits per heavy atom. The van der Waals surface area contributed by atoms with Gasteiger partial charge in [0.15, 0.2) is 0 Å². The lowest BCUT2D eigenvalue weighted by atomic mass is 9.86. The van der Waals surface area contributed by atoms with Gasteiger partial charge in [-0.3, -0.25) is 0 Å². The topological polar surface area (TPSA) is 77.2 Å². The average Bonchev–Trinajstić information content (AvgIpc) is 3.03. The van der Waals surface area contributed by atoms with Crippen LogP contribution in [0.1, 0.15) is 95.8 Å². The Bertz CT molecular complexity index is 639. The van der Waals surface area contributed by atoms with Gasteiger partial charge in [-0.25, -0.2) is 13.6 Å². The Hall–Kier alpha value is -1.73. The van der Waals surface area contributed by atoms with Gasteiger partial charge in [0.2, 0.25) is 17.7 Å². The fourth-order valence-corrected chi connectivity index (χ4v) is 3.82. The lowest BCUT2D eigenvalue weighted by molar-refractivity contribution is -0.0399. The number of ether oxygens (including phenoxy) is 1. The third-order valence-corrected chi connectivity index (χ3v) is 5.32. The lowest BCUT2D eigenvalue weighted by Gasteiger charge is -2.28. The summed E-state index contributed by atoms with van der Waals surface area (Å²) >= 11 is 0. The van der Waals surface area contributed by atoms with E-state index in [1.54, 1.807) is 0 Å². The molecule has 1 amide bonds. The molecule has 0 bridgehead atoms. The summed E-state index contributed by atoms with van der Waals surface area (Å²) in [5.74, 6) is -1.37. The molecule has 2 saturated carbocycles. The fourth-order valence-electron chi connectivity index (χ4n) is 3.82. The zero-order chi connectivity index (χ0) is 19.7. The number of amides is 1. The molecule has 2 aliphatic carbocycles. The first-order valence-corrected chi connectivity index (χ1v) is 9.82. The number of nitrogens with one attached hydrogen (secondary N) is 1. The van der Waals surface area contributed by atoms with Gasteiger partial charge in [-0.15, -0.1) is 10.2 Å². The van der Waals surface area contributed by atoms with Crippen molar-refractivity contribution in [2.45, 2.75) is 102 Å². The normalized spacial score (nSPS) is 26.6. The molecule has 1 N–H and O–H groups in total. The van der Waals surface area contributed by atoms with Crippen LogP contribution in [-0.4, -0.2) is 33.9 Å². The minimum Gasteiger partial charge on any atom is -0.444 e. The second-order valence-electron chi connectivity index (χ2n) is 8.80. The first-order chi connectivity index (χ1) is 12.6. The van der Waals surface area contributed by atoms with E-state index in [0.29, 0.717) is 24.6 Å². The summed E-state index contributed by atoms with van der Waals surface area (Å²) in [6, 6.07) is 0.0825. The van der Waals surface area contributed by atoms with E-state index < -0.39 is 11.5 Å². The van der Waals surface area contributed by atoms with Crippen LogP contribution in [0.3, 0.4) is 0 Å². The number of hydrogen-bond acceptors (Lipinski definition) is 5. The van der Waals surface area contributed by atoms with Crippen LogP contribution in [0.4, 0.5) is 13.6 Å². The molecule has 3 rings (SSSR count). The van der Waals surface area contributed by atoms with Crippen LogP contribution in [-0.2, 0) is 4.74 Å². The number of nitrogens with zero attached hydrogens (tertiary/aromatic N) is 2. The Kier molecular flexibility index (Phi) is 5.72. The van der Waals surface area contributed by atoms with Crippen molar-refractivity contribution in [3.05, 3.63) is 11.8 Å². The predicted molar refractivity (Wildman–Crippen MR) is 94.8 cm³/mol. The average molecular weight is 385 g/mol. The molecule has 8 heteroatoms. The van der Waals surface area contributed by atoms with Gasteiger partial charge >= 0.3 is 6.09 Å². The number of carbonyl (C=O) groups is 1. The molecule has 0 aromatic carbocycles. The number of rotatable bonds is 3. The molecular formula is C19H29F2N3O3. The smallest absolute Gasteiger partial charge is 0.407 e. The highest BCUT2D eigenvalue weighted by atomic mass is 19.3. The zero-order valence-electron chi connectivity index (χ0n) is 16.3. The SMILES string of the molecule is CC(C)(C)OC(=O)NC1CCC(c2nnc(C3CCC(F)(F)CC3)o2)CC1. The van der Waals surface area contributed by atoms with E-state index in [9.17, 15) is 13.6 Å². The van der Waals surface area contributed by atoms with Crippen molar-refractivity contribution in [2.24, 2.45) is 0 Å². The number of alkyl carbamates (subject to hydrolysis) is 1. The van der Waals surface area contributed by atoms with Crippen LogP contribution < -0.4 is 5.32 Å². The quantitative estimate of drug-likeness (QED) is 0.800. The summed E-state index contributed by atoms with van der Waals surface area (Å²) in [7, 11) is 0. The summed E-state index contributed by atoms with van der Waals surface area (Å²) in [6.45, 7) is 5.51. The molecule has 6 nitrogen and oxygen atoms in total. The molecule has 27 heavy (non-hydrogen) atoms. The number of alkyl halides is 2. The maximum Gasteiger partial charge on any atom is 0.407 e. The molecule has 0 unspecified atom stereocenters. The summed E-state index contributed by atoms with van der Waals surface area (Å²) in [5, 5.41) is 11.2. The third-order valence-electron chi connectivity index (χ3n) is 5.32. The van der Waals surface area contributed by atoms with Gasteiger partial charge in [0.1, 0.15) is 5.60 Å². The molecule has 1 heterocycles. The van der Waals surface area contributed by atoms with Gasteiger partial charge in [-0.1, -0.05) is 0 Å². The molecule has 0 atom stereocenters. The van der Waals surface area contributed by atoms with Gasteiger partial charge in [0.25, 0.3) is 0 Å². The predicted octanol–water partition coefficient (Wildman–Crippen LogP) is 4.91. The van der Waals surface area contributed by atoms with E-state index in [2.05, 4.69) is 15.5 Å². The second-order valence-corrected chi connectivity index (χ2v) is 8.80. The first-order valence-electron chi connectivity index (χ1n) is 9.82. The zero-order valence-corrected chi connectivity index (χ0v) is 16.3. The highest BCUT2D eigenvalue weighted by Crippen LogP contribution is 2.41. The Labute approximate surface area is 158 Å². The van der Waals surface area contributed by atoms with Gasteiger partial charge < -0.3 is 14.5 Å². The Balaban J connectivity index is 1.48. The van der Waals surface area contributed by atoms with Gasteiger partial charge in [0.05, 0.1) is 0 Å². The van der Waals surface area contributed by atoms with Crippen LogP contribution in [0.5, 0.6) is 0 Å². The van der Waals surface area contributed by atoms with Crippen LogP contribution in [0.15, 0.2) is 4.42 Å². The highest BCUT2D eigenvalue weighted by molar-refractivity contribution is 5.68. The molecule has 1 aromatic rings. The molecular weight excluding hydrogens is 356 g/mol. The number of halogens is 2. The second kappa shape index (κ2) is 7.72. The molecule has 2 aliphatic rings. The van der Waals surface area contributed by atoms with Crippen LogP contribution in [0, 0.1) is 0 Å². The van der Waals surface area contributed by atoms with Crippen molar-refractivity contribution in [2.75, 3.05) is 0 Å². The van der Waals surface area contributed by atoms with Crippen LogP contribution in [0.2, 0.25) is 0 Å². The van der Waals surface area contributed by atoms with E-state index in [1.165, 1.54) is 0 Å². The van der Waals surface area contributed by atoms with E-state index in [0.717, 1.165) is 25.7 Å². The van der Waals surface area contributed by atoms with Crippen molar-refractivity contribution in [3.8, 4) is 0 Å². The molecule has 152 valence electrons. The summed E-state index contributed by atoms with van der Waals surface area (Å²) in [6.07, 6.45) is 3.47. The molecule has 0 spiro atoms. The Morgan fingerprint density at radius 2 is 1.56 bits per heavy atom. The molecule has 0 radical (unpaired) electrons. The fraction of sp³-hybridized carbons (Fsp3) is 0.842. The van der Waals surface area contributed by atoms with E-state index >= 15 is 0 Å². The van der Waals surface area contributed by atoms with Crippen molar-refractivity contribution < 1.29 is 22.7 Å². The minimum atomic E-state index is -2.56. The summed E-state index contributed by atoms with van der Waals surface area (Å²) < 4.78 is 37.7. The van der Waals surface area contributed by atoms with E-state index in [4.69, 9.17) is 9.15 Å². The summed E-state index contributed by atoms with van der Waals surface area (Å²) in [5.41, 5.74) is -0.509. The highest BCUT2D eigenvalue weighted by Gasteiger charge is 2.37. The van der Waals surface area contributed by atoms with Crippen LogP contribution in [0.25, 0.3) is 0 Å². The lowest BCUT2D eigenvalue weighted by Crippen LogP contribution is -2.40. The number of hydrogen-bond donors (Lipinski definition) is 1.